The van der Waals surface area contributed by atoms with Gasteiger partial charge in [0.05, 0.1) is 26.1 Å². The van der Waals surface area contributed by atoms with E-state index in [1.54, 1.807) is 6.92 Å². The van der Waals surface area contributed by atoms with E-state index in [9.17, 15) is 9.59 Å². The minimum atomic E-state index is -0.349. The smallest absolute Gasteiger partial charge is 0.306 e. The molecule has 1 atom stereocenters. The third-order valence-corrected chi connectivity index (χ3v) is 2.06. The summed E-state index contributed by atoms with van der Waals surface area (Å²) in [7, 11) is 0. The van der Waals surface area contributed by atoms with Crippen molar-refractivity contribution >= 4 is 11.9 Å². The average molecular weight is 216 g/mol. The second kappa shape index (κ2) is 8.26. The molecule has 0 spiro atoms. The molecular weight excluding hydrogens is 196 g/mol. The predicted molar refractivity (Wildman–Crippen MR) is 56.3 cm³/mol. The van der Waals surface area contributed by atoms with Crippen LogP contribution in [0.3, 0.4) is 0 Å². The summed E-state index contributed by atoms with van der Waals surface area (Å²) in [5, 5.41) is 0. The summed E-state index contributed by atoms with van der Waals surface area (Å²) in [6.45, 7) is 6.56. The largest absolute Gasteiger partial charge is 0.466 e. The fourth-order valence-corrected chi connectivity index (χ4v) is 0.863. The van der Waals surface area contributed by atoms with E-state index >= 15 is 0 Å². The lowest BCUT2D eigenvalue weighted by Gasteiger charge is -2.09. The number of rotatable bonds is 7. The van der Waals surface area contributed by atoms with E-state index in [0.717, 1.165) is 6.42 Å². The minimum Gasteiger partial charge on any atom is -0.466 e. The maximum Gasteiger partial charge on any atom is 0.306 e. The van der Waals surface area contributed by atoms with Crippen LogP contribution in [-0.2, 0) is 19.1 Å². The van der Waals surface area contributed by atoms with Crippen LogP contribution in [0.4, 0.5) is 0 Å². The molecule has 0 amide bonds. The fourth-order valence-electron chi connectivity index (χ4n) is 0.863. The van der Waals surface area contributed by atoms with Gasteiger partial charge >= 0.3 is 11.9 Å². The van der Waals surface area contributed by atoms with Crippen LogP contribution < -0.4 is 0 Å². The van der Waals surface area contributed by atoms with E-state index in [0.29, 0.717) is 19.1 Å². The molecule has 0 fully saturated rings. The molecule has 4 heteroatoms. The first kappa shape index (κ1) is 13.9. The van der Waals surface area contributed by atoms with Crippen molar-refractivity contribution in [3.63, 3.8) is 0 Å². The first-order valence-electron chi connectivity index (χ1n) is 5.41. The number of hydrogen-bond donors (Lipinski definition) is 0. The van der Waals surface area contributed by atoms with Gasteiger partial charge in [-0.3, -0.25) is 9.59 Å². The van der Waals surface area contributed by atoms with Crippen LogP contribution in [0.1, 0.15) is 40.0 Å². The van der Waals surface area contributed by atoms with Gasteiger partial charge in [-0.1, -0.05) is 20.3 Å². The summed E-state index contributed by atoms with van der Waals surface area (Å²) in [5.74, 6) is -0.308. The van der Waals surface area contributed by atoms with Crippen LogP contribution in [0.15, 0.2) is 0 Å². The quantitative estimate of drug-likeness (QED) is 0.610. The minimum absolute atomic E-state index is 0.104. The third-order valence-electron chi connectivity index (χ3n) is 2.06. The normalized spacial score (nSPS) is 11.9. The Labute approximate surface area is 90.9 Å². The summed E-state index contributed by atoms with van der Waals surface area (Å²) in [6, 6.07) is 0. The Hall–Kier alpha value is -1.06. The van der Waals surface area contributed by atoms with E-state index in [-0.39, 0.29) is 24.8 Å². The van der Waals surface area contributed by atoms with Crippen molar-refractivity contribution in [1.29, 1.82) is 0 Å². The van der Waals surface area contributed by atoms with Gasteiger partial charge in [-0.15, -0.1) is 0 Å². The fraction of sp³-hybridized carbons (Fsp3) is 0.818. The SMILES string of the molecule is CCOC(=O)CCC(=O)OC[C@H](C)CC. The number of hydrogen-bond acceptors (Lipinski definition) is 4. The molecule has 0 aromatic carbocycles. The Morgan fingerprint density at radius 1 is 1.07 bits per heavy atom. The lowest BCUT2D eigenvalue weighted by atomic mass is 10.1. The van der Waals surface area contributed by atoms with Crippen LogP contribution >= 0.6 is 0 Å². The number of carbonyl (C=O) groups is 2. The van der Waals surface area contributed by atoms with Crippen LogP contribution in [0.2, 0.25) is 0 Å². The maximum atomic E-state index is 11.1. The zero-order chi connectivity index (χ0) is 11.7. The molecule has 0 aromatic rings. The molecule has 0 aliphatic carbocycles. The van der Waals surface area contributed by atoms with E-state index in [1.807, 2.05) is 13.8 Å². The Balaban J connectivity index is 3.53. The van der Waals surface area contributed by atoms with E-state index in [2.05, 4.69) is 0 Å². The molecule has 0 saturated heterocycles. The highest BCUT2D eigenvalue weighted by Crippen LogP contribution is 2.03. The summed E-state index contributed by atoms with van der Waals surface area (Å²) >= 11 is 0. The molecule has 0 unspecified atom stereocenters. The Morgan fingerprint density at radius 3 is 2.07 bits per heavy atom. The maximum absolute atomic E-state index is 11.1. The second-order valence-corrected chi connectivity index (χ2v) is 3.50. The summed E-state index contributed by atoms with van der Waals surface area (Å²) in [4.78, 5) is 22.1. The van der Waals surface area contributed by atoms with E-state index < -0.39 is 0 Å². The number of carbonyl (C=O) groups excluding carboxylic acids is 2. The first-order chi connectivity index (χ1) is 7.10. The molecule has 0 bridgehead atoms. The van der Waals surface area contributed by atoms with Crippen molar-refractivity contribution in [2.75, 3.05) is 13.2 Å². The number of esters is 2. The van der Waals surface area contributed by atoms with Crippen molar-refractivity contribution < 1.29 is 19.1 Å². The van der Waals surface area contributed by atoms with Gasteiger partial charge in [0.15, 0.2) is 0 Å². The molecule has 0 aliphatic heterocycles. The van der Waals surface area contributed by atoms with Crippen LogP contribution in [0, 0.1) is 5.92 Å². The standard InChI is InChI=1S/C11H20O4/c1-4-9(3)8-15-11(13)7-6-10(12)14-5-2/h9H,4-8H2,1-3H3/t9-/m1/s1. The van der Waals surface area contributed by atoms with Crippen molar-refractivity contribution in [2.45, 2.75) is 40.0 Å². The third kappa shape index (κ3) is 7.97. The molecule has 88 valence electrons. The van der Waals surface area contributed by atoms with Crippen molar-refractivity contribution in [2.24, 2.45) is 5.92 Å². The Morgan fingerprint density at radius 2 is 1.60 bits per heavy atom. The van der Waals surface area contributed by atoms with Crippen molar-refractivity contribution in [3.8, 4) is 0 Å². The molecule has 0 radical (unpaired) electrons. The summed E-state index contributed by atoms with van der Waals surface area (Å²) < 4.78 is 9.67. The van der Waals surface area contributed by atoms with Gasteiger partial charge in [0.25, 0.3) is 0 Å². The molecule has 0 saturated carbocycles. The molecule has 4 nitrogen and oxygen atoms in total. The van der Waals surface area contributed by atoms with Gasteiger partial charge in [-0.05, 0) is 12.8 Å². The molecule has 0 N–H and O–H groups in total. The molecular formula is C11H20O4. The van der Waals surface area contributed by atoms with Crippen molar-refractivity contribution in [1.82, 2.24) is 0 Å². The van der Waals surface area contributed by atoms with Gasteiger partial charge in [0.1, 0.15) is 0 Å². The topological polar surface area (TPSA) is 52.6 Å². The highest BCUT2D eigenvalue weighted by atomic mass is 16.5. The molecule has 0 aliphatic rings. The highest BCUT2D eigenvalue weighted by Gasteiger charge is 2.09. The zero-order valence-corrected chi connectivity index (χ0v) is 9.75. The Bertz CT molecular complexity index is 201. The molecule has 15 heavy (non-hydrogen) atoms. The lowest BCUT2D eigenvalue weighted by molar-refractivity contribution is -0.150. The van der Waals surface area contributed by atoms with E-state index in [4.69, 9.17) is 9.47 Å². The van der Waals surface area contributed by atoms with Crippen LogP contribution in [-0.4, -0.2) is 25.2 Å². The highest BCUT2D eigenvalue weighted by molar-refractivity contribution is 5.77. The first-order valence-corrected chi connectivity index (χ1v) is 5.41. The zero-order valence-electron chi connectivity index (χ0n) is 9.75. The molecule has 0 heterocycles. The summed E-state index contributed by atoms with van der Waals surface area (Å²) in [5.41, 5.74) is 0. The van der Waals surface area contributed by atoms with Crippen LogP contribution in [0.25, 0.3) is 0 Å². The van der Waals surface area contributed by atoms with Gasteiger partial charge < -0.3 is 9.47 Å². The van der Waals surface area contributed by atoms with Gasteiger partial charge in [-0.2, -0.15) is 0 Å². The number of ether oxygens (including phenoxy) is 2. The van der Waals surface area contributed by atoms with Gasteiger partial charge in [-0.25, -0.2) is 0 Å². The average Bonchev–Trinajstić information content (AvgIpc) is 2.23. The van der Waals surface area contributed by atoms with Gasteiger partial charge in [0.2, 0.25) is 0 Å². The van der Waals surface area contributed by atoms with Crippen LogP contribution in [0.5, 0.6) is 0 Å². The van der Waals surface area contributed by atoms with Gasteiger partial charge in [0, 0.05) is 0 Å². The Kier molecular flexibility index (Phi) is 7.68. The van der Waals surface area contributed by atoms with E-state index in [1.165, 1.54) is 0 Å². The predicted octanol–water partition coefficient (Wildman–Crippen LogP) is 1.92. The second-order valence-electron chi connectivity index (χ2n) is 3.50. The molecule has 0 rings (SSSR count). The lowest BCUT2D eigenvalue weighted by Crippen LogP contribution is -2.13. The summed E-state index contributed by atoms with van der Waals surface area (Å²) in [6.07, 6.45) is 1.19. The molecule has 0 aromatic heterocycles. The monoisotopic (exact) mass is 216 g/mol. The van der Waals surface area contributed by atoms with Crippen molar-refractivity contribution in [3.05, 3.63) is 0 Å².